The van der Waals surface area contributed by atoms with Crippen LogP contribution in [0.25, 0.3) is 0 Å². The molecular weight excluding hydrogens is 104 g/mol. The second-order valence-electron chi connectivity index (χ2n) is 3.04. The Morgan fingerprint density at radius 2 is 1.43 bits per heavy atom. The van der Waals surface area contributed by atoms with Gasteiger partial charge in [0.25, 0.3) is 0 Å². The average molecular weight is 118 g/mol. The Morgan fingerprint density at radius 1 is 1.29 bits per heavy atom. The zero-order valence-corrected chi connectivity index (χ0v) is 6.68. The van der Waals surface area contributed by atoms with Crippen molar-refractivity contribution in [1.29, 1.82) is 0 Å². The van der Waals surface area contributed by atoms with Gasteiger partial charge in [-0.1, -0.05) is 20.8 Å². The largest absolute Gasteiger partial charge is 0.434 e. The van der Waals surface area contributed by atoms with Crippen LogP contribution in [0.15, 0.2) is 0 Å². The summed E-state index contributed by atoms with van der Waals surface area (Å²) in [6, 6.07) is 0. The zero-order valence-electron chi connectivity index (χ0n) is 5.52. The number of hydrogen-bond acceptors (Lipinski definition) is 1. The molecule has 7 heavy (non-hydrogen) atoms. The smallest absolute Gasteiger partial charge is 0.174 e. The molecule has 1 unspecified atom stereocenters. The van der Waals surface area contributed by atoms with Crippen LogP contribution in [0, 0.1) is 0 Å². The molecule has 0 aliphatic carbocycles. The van der Waals surface area contributed by atoms with E-state index in [2.05, 4.69) is 20.8 Å². The maximum absolute atomic E-state index is 9.03. The number of hydrogen-bond donors (Lipinski definition) is 1. The van der Waals surface area contributed by atoms with Gasteiger partial charge in [0, 0.05) is 0 Å². The molecule has 0 aliphatic heterocycles. The third kappa shape index (κ3) is 2.82. The van der Waals surface area contributed by atoms with Gasteiger partial charge in [-0.2, -0.15) is 0 Å². The van der Waals surface area contributed by atoms with E-state index in [-0.39, 0.29) is 5.04 Å². The Morgan fingerprint density at radius 3 is 1.43 bits per heavy atom. The Kier molecular flexibility index (Phi) is 2.02. The molecule has 0 aromatic rings. The first-order chi connectivity index (χ1) is 2.94. The lowest BCUT2D eigenvalue weighted by Gasteiger charge is -2.19. The van der Waals surface area contributed by atoms with Crippen molar-refractivity contribution in [3.63, 3.8) is 0 Å². The molecule has 0 aliphatic rings. The van der Waals surface area contributed by atoms with E-state index in [1.807, 2.05) is 6.55 Å². The molecule has 0 saturated carbocycles. The monoisotopic (exact) mass is 118 g/mol. The van der Waals surface area contributed by atoms with E-state index in [1.165, 1.54) is 0 Å². The fourth-order valence-electron chi connectivity index (χ4n) is 0. The van der Waals surface area contributed by atoms with E-state index >= 15 is 0 Å². The van der Waals surface area contributed by atoms with Gasteiger partial charge >= 0.3 is 0 Å². The van der Waals surface area contributed by atoms with Crippen LogP contribution in [0.4, 0.5) is 0 Å². The van der Waals surface area contributed by atoms with Crippen molar-refractivity contribution in [1.82, 2.24) is 0 Å². The lowest BCUT2D eigenvalue weighted by atomic mass is 10.3. The standard InChI is InChI=1S/C5H14OSi/c1-5(2,3)7(4)6/h6-7H,1-4H3. The van der Waals surface area contributed by atoms with Gasteiger partial charge < -0.3 is 4.80 Å². The highest BCUT2D eigenvalue weighted by atomic mass is 28.3. The molecule has 0 heterocycles. The first-order valence-electron chi connectivity index (χ1n) is 2.62. The summed E-state index contributed by atoms with van der Waals surface area (Å²) in [6.07, 6.45) is 0. The highest BCUT2D eigenvalue weighted by molar-refractivity contribution is 6.52. The summed E-state index contributed by atoms with van der Waals surface area (Å²) in [7, 11) is -1.36. The van der Waals surface area contributed by atoms with E-state index in [9.17, 15) is 0 Å². The Labute approximate surface area is 47.1 Å². The topological polar surface area (TPSA) is 20.2 Å². The lowest BCUT2D eigenvalue weighted by Crippen LogP contribution is -2.20. The van der Waals surface area contributed by atoms with Crippen LogP contribution in [0.5, 0.6) is 0 Å². The first-order valence-corrected chi connectivity index (χ1v) is 4.87. The van der Waals surface area contributed by atoms with Crippen LogP contribution >= 0.6 is 0 Å². The van der Waals surface area contributed by atoms with Crippen molar-refractivity contribution in [3.8, 4) is 0 Å². The SMILES string of the molecule is C[SiH](O)C(C)(C)C. The second-order valence-corrected chi connectivity index (χ2v) is 6.13. The van der Waals surface area contributed by atoms with Crippen molar-refractivity contribution in [2.75, 3.05) is 0 Å². The van der Waals surface area contributed by atoms with Crippen molar-refractivity contribution in [2.24, 2.45) is 0 Å². The maximum Gasteiger partial charge on any atom is 0.174 e. The van der Waals surface area contributed by atoms with Crippen LogP contribution in [-0.2, 0) is 0 Å². The quantitative estimate of drug-likeness (QED) is 0.473. The van der Waals surface area contributed by atoms with Crippen LogP contribution in [0.2, 0.25) is 11.6 Å². The van der Waals surface area contributed by atoms with Gasteiger partial charge in [0.15, 0.2) is 9.04 Å². The Hall–Kier alpha value is 0.177. The van der Waals surface area contributed by atoms with Gasteiger partial charge in [0.2, 0.25) is 0 Å². The van der Waals surface area contributed by atoms with Gasteiger partial charge in [-0.3, -0.25) is 0 Å². The molecular formula is C5H14OSi. The minimum absolute atomic E-state index is 0.194. The van der Waals surface area contributed by atoms with E-state index in [0.29, 0.717) is 0 Å². The second kappa shape index (κ2) is 1.97. The molecule has 0 spiro atoms. The Bertz CT molecular complexity index is 53.6. The molecule has 0 amide bonds. The fourth-order valence-corrected chi connectivity index (χ4v) is 0. The van der Waals surface area contributed by atoms with E-state index in [4.69, 9.17) is 4.80 Å². The van der Waals surface area contributed by atoms with E-state index in [0.717, 1.165) is 0 Å². The van der Waals surface area contributed by atoms with Gasteiger partial charge in [-0.05, 0) is 11.6 Å². The zero-order chi connectivity index (χ0) is 6.08. The molecule has 0 aromatic heterocycles. The van der Waals surface area contributed by atoms with Crippen LogP contribution in [0.3, 0.4) is 0 Å². The third-order valence-corrected chi connectivity index (χ3v) is 3.76. The molecule has 44 valence electrons. The lowest BCUT2D eigenvalue weighted by molar-refractivity contribution is 0.518. The highest BCUT2D eigenvalue weighted by Gasteiger charge is 2.18. The molecule has 0 saturated heterocycles. The van der Waals surface area contributed by atoms with Crippen LogP contribution < -0.4 is 0 Å². The number of rotatable bonds is 0. The minimum Gasteiger partial charge on any atom is -0.434 e. The summed E-state index contributed by atoms with van der Waals surface area (Å²) in [5.74, 6) is 0. The molecule has 1 nitrogen and oxygen atoms in total. The molecule has 0 rings (SSSR count). The highest BCUT2D eigenvalue weighted by Crippen LogP contribution is 2.24. The van der Waals surface area contributed by atoms with Crippen molar-refractivity contribution in [3.05, 3.63) is 0 Å². The molecule has 0 aromatic carbocycles. The van der Waals surface area contributed by atoms with Crippen molar-refractivity contribution in [2.45, 2.75) is 32.4 Å². The average Bonchev–Trinajstić information content (AvgIpc) is 1.31. The molecule has 1 N–H and O–H groups in total. The normalized spacial score (nSPS) is 16.7. The van der Waals surface area contributed by atoms with Crippen LogP contribution in [-0.4, -0.2) is 13.8 Å². The minimum atomic E-state index is -1.36. The maximum atomic E-state index is 9.03. The van der Waals surface area contributed by atoms with Crippen LogP contribution in [0.1, 0.15) is 20.8 Å². The molecule has 1 atom stereocenters. The van der Waals surface area contributed by atoms with E-state index < -0.39 is 9.04 Å². The Balaban J connectivity index is 3.54. The summed E-state index contributed by atoms with van der Waals surface area (Å²) in [6.45, 7) is 8.16. The van der Waals surface area contributed by atoms with E-state index in [1.54, 1.807) is 0 Å². The molecule has 0 bridgehead atoms. The van der Waals surface area contributed by atoms with Gasteiger partial charge in [0.05, 0.1) is 0 Å². The third-order valence-electron chi connectivity index (χ3n) is 1.25. The van der Waals surface area contributed by atoms with Gasteiger partial charge in [-0.25, -0.2) is 0 Å². The van der Waals surface area contributed by atoms with Gasteiger partial charge in [0.1, 0.15) is 0 Å². The summed E-state index contributed by atoms with van der Waals surface area (Å²) < 4.78 is 0. The summed E-state index contributed by atoms with van der Waals surface area (Å²) in [4.78, 5) is 9.03. The summed E-state index contributed by atoms with van der Waals surface area (Å²) >= 11 is 0. The molecule has 0 radical (unpaired) electrons. The molecule has 0 fully saturated rings. The summed E-state index contributed by atoms with van der Waals surface area (Å²) in [5.41, 5.74) is 0. The first kappa shape index (κ1) is 7.18. The van der Waals surface area contributed by atoms with Crippen molar-refractivity contribution >= 4 is 9.04 Å². The van der Waals surface area contributed by atoms with Gasteiger partial charge in [-0.15, -0.1) is 0 Å². The molecule has 2 heteroatoms. The fraction of sp³-hybridized carbons (Fsp3) is 1.00. The predicted octanol–water partition coefficient (Wildman–Crippen LogP) is 1.13. The predicted molar refractivity (Wildman–Crippen MR) is 34.9 cm³/mol. The van der Waals surface area contributed by atoms with Crippen molar-refractivity contribution < 1.29 is 4.80 Å². The summed E-state index contributed by atoms with van der Waals surface area (Å²) in [5, 5.41) is 0.194.